The van der Waals surface area contributed by atoms with Gasteiger partial charge in [-0.05, 0) is 37.5 Å². The molecule has 0 saturated heterocycles. The van der Waals surface area contributed by atoms with Crippen molar-refractivity contribution in [3.05, 3.63) is 71.4 Å². The zero-order chi connectivity index (χ0) is 18.2. The maximum atomic E-state index is 9.94. The number of phenolic OH excluding ortho intramolecular Hbond substituents is 1. The molecule has 0 unspecified atom stereocenters. The van der Waals surface area contributed by atoms with Crippen molar-refractivity contribution in [1.29, 1.82) is 0 Å². The normalized spacial score (nSPS) is 11.1. The minimum atomic E-state index is 0.332. The number of aryl methyl sites for hydroxylation is 1. The van der Waals surface area contributed by atoms with Gasteiger partial charge in [0, 0.05) is 24.2 Å². The molecule has 1 heterocycles. The highest BCUT2D eigenvalue weighted by Gasteiger charge is 2.03. The number of fused-ring (bicyclic) bond motifs is 1. The second-order valence-corrected chi connectivity index (χ2v) is 6.39. The van der Waals surface area contributed by atoms with Crippen LogP contribution in [-0.4, -0.2) is 23.3 Å². The topological polar surface area (TPSA) is 51.6 Å². The lowest BCUT2D eigenvalue weighted by Crippen LogP contribution is -2.01. The maximum Gasteiger partial charge on any atom is 0.123 e. The predicted octanol–water partition coefficient (Wildman–Crippen LogP) is 4.76. The molecule has 2 aromatic carbocycles. The number of benzene rings is 2. The van der Waals surface area contributed by atoms with Crippen LogP contribution in [0.4, 0.5) is 0 Å². The number of nitrogens with zero attached hydrogens (tertiary/aromatic N) is 1. The minimum Gasteiger partial charge on any atom is -0.507 e. The molecule has 0 atom stereocenters. The van der Waals surface area contributed by atoms with Gasteiger partial charge in [-0.25, -0.2) is 0 Å². The Kier molecular flexibility index (Phi) is 6.58. The highest BCUT2D eigenvalue weighted by Crippen LogP contribution is 2.22. The van der Waals surface area contributed by atoms with E-state index in [9.17, 15) is 5.11 Å². The Labute approximate surface area is 154 Å². The molecule has 136 valence electrons. The molecule has 1 aromatic heterocycles. The molecule has 4 nitrogen and oxygen atoms in total. The lowest BCUT2D eigenvalue weighted by atomic mass is 10.1. The highest BCUT2D eigenvalue weighted by molar-refractivity contribution is 5.78. The second kappa shape index (κ2) is 9.32. The molecule has 0 aliphatic heterocycles. The van der Waals surface area contributed by atoms with Gasteiger partial charge in [0.1, 0.15) is 5.75 Å². The number of phenols is 1. The summed E-state index contributed by atoms with van der Waals surface area (Å²) in [6, 6.07) is 17.9. The summed E-state index contributed by atoms with van der Waals surface area (Å²) in [6.45, 7) is 4.21. The SMILES string of the molecule is Cc1cccc(COCCCCOCc2ccc3ccccc3n2)c1O. The van der Waals surface area contributed by atoms with E-state index in [1.165, 1.54) is 0 Å². The van der Waals surface area contributed by atoms with Crippen LogP contribution < -0.4 is 0 Å². The smallest absolute Gasteiger partial charge is 0.123 e. The minimum absolute atomic E-state index is 0.332. The number of aromatic hydroxyl groups is 1. The second-order valence-electron chi connectivity index (χ2n) is 6.39. The van der Waals surface area contributed by atoms with E-state index in [1.54, 1.807) is 0 Å². The van der Waals surface area contributed by atoms with Crippen molar-refractivity contribution in [1.82, 2.24) is 4.98 Å². The fraction of sp³-hybridized carbons (Fsp3) is 0.318. The Morgan fingerprint density at radius 2 is 1.62 bits per heavy atom. The predicted molar refractivity (Wildman–Crippen MR) is 103 cm³/mol. The Morgan fingerprint density at radius 3 is 2.46 bits per heavy atom. The Balaban J connectivity index is 1.30. The zero-order valence-electron chi connectivity index (χ0n) is 15.1. The van der Waals surface area contributed by atoms with Gasteiger partial charge in [-0.3, -0.25) is 4.98 Å². The molecule has 0 fully saturated rings. The number of unbranched alkanes of at least 4 members (excludes halogenated alkanes) is 1. The molecule has 0 aliphatic rings. The van der Waals surface area contributed by atoms with E-state index in [0.29, 0.717) is 32.2 Å². The molecule has 3 aromatic rings. The van der Waals surface area contributed by atoms with Crippen molar-refractivity contribution >= 4 is 10.9 Å². The third kappa shape index (κ3) is 5.04. The molecule has 0 radical (unpaired) electrons. The first-order chi connectivity index (χ1) is 12.7. The highest BCUT2D eigenvalue weighted by atomic mass is 16.5. The van der Waals surface area contributed by atoms with Crippen LogP contribution in [0.3, 0.4) is 0 Å². The van der Waals surface area contributed by atoms with E-state index in [2.05, 4.69) is 17.1 Å². The van der Waals surface area contributed by atoms with Crippen molar-refractivity contribution in [2.45, 2.75) is 33.0 Å². The first-order valence-corrected chi connectivity index (χ1v) is 9.01. The fourth-order valence-electron chi connectivity index (χ4n) is 2.79. The Morgan fingerprint density at radius 1 is 0.846 bits per heavy atom. The Hall–Kier alpha value is -2.43. The molecule has 26 heavy (non-hydrogen) atoms. The van der Waals surface area contributed by atoms with Crippen LogP contribution >= 0.6 is 0 Å². The first-order valence-electron chi connectivity index (χ1n) is 9.01. The van der Waals surface area contributed by atoms with Gasteiger partial charge in [-0.15, -0.1) is 0 Å². The molecule has 0 saturated carbocycles. The number of para-hydroxylation sites is 2. The van der Waals surface area contributed by atoms with Crippen LogP contribution in [0.15, 0.2) is 54.6 Å². The van der Waals surface area contributed by atoms with Crippen molar-refractivity contribution in [2.24, 2.45) is 0 Å². The van der Waals surface area contributed by atoms with Crippen molar-refractivity contribution in [3.63, 3.8) is 0 Å². The van der Waals surface area contributed by atoms with Gasteiger partial charge in [0.25, 0.3) is 0 Å². The summed E-state index contributed by atoms with van der Waals surface area (Å²) in [4.78, 5) is 4.60. The summed E-state index contributed by atoms with van der Waals surface area (Å²) in [6.07, 6.45) is 1.87. The van der Waals surface area contributed by atoms with E-state index in [4.69, 9.17) is 9.47 Å². The van der Waals surface area contributed by atoms with Crippen molar-refractivity contribution in [3.8, 4) is 5.75 Å². The number of hydrogen-bond acceptors (Lipinski definition) is 4. The van der Waals surface area contributed by atoms with Crippen molar-refractivity contribution in [2.75, 3.05) is 13.2 Å². The van der Waals surface area contributed by atoms with Crippen LogP contribution in [0.25, 0.3) is 10.9 Å². The summed E-state index contributed by atoms with van der Waals surface area (Å²) >= 11 is 0. The molecule has 1 N–H and O–H groups in total. The van der Waals surface area contributed by atoms with Gasteiger partial charge < -0.3 is 14.6 Å². The fourth-order valence-corrected chi connectivity index (χ4v) is 2.79. The lowest BCUT2D eigenvalue weighted by Gasteiger charge is -2.08. The molecule has 0 aliphatic carbocycles. The molecule has 0 amide bonds. The third-order valence-electron chi connectivity index (χ3n) is 4.31. The van der Waals surface area contributed by atoms with Crippen LogP contribution in [0, 0.1) is 6.92 Å². The molecule has 0 spiro atoms. The van der Waals surface area contributed by atoms with E-state index in [-0.39, 0.29) is 0 Å². The first kappa shape index (κ1) is 18.4. The van der Waals surface area contributed by atoms with E-state index < -0.39 is 0 Å². The van der Waals surface area contributed by atoms with Gasteiger partial charge in [0.2, 0.25) is 0 Å². The average Bonchev–Trinajstić information content (AvgIpc) is 2.67. The van der Waals surface area contributed by atoms with E-state index >= 15 is 0 Å². The number of aromatic nitrogens is 1. The summed E-state index contributed by atoms with van der Waals surface area (Å²) in [5.41, 5.74) is 3.67. The Bertz CT molecular complexity index is 848. The quantitative estimate of drug-likeness (QED) is 0.565. The summed E-state index contributed by atoms with van der Waals surface area (Å²) in [7, 11) is 0. The molecular formula is C22H25NO3. The lowest BCUT2D eigenvalue weighted by molar-refractivity contribution is 0.0880. The zero-order valence-corrected chi connectivity index (χ0v) is 15.1. The van der Waals surface area contributed by atoms with Crippen LogP contribution in [0.1, 0.15) is 29.7 Å². The number of ether oxygens (including phenoxy) is 2. The van der Waals surface area contributed by atoms with Gasteiger partial charge in [-0.1, -0.05) is 42.5 Å². The van der Waals surface area contributed by atoms with E-state index in [1.807, 2.05) is 49.4 Å². The van der Waals surface area contributed by atoms with Gasteiger partial charge in [-0.2, -0.15) is 0 Å². The average molecular weight is 351 g/mol. The largest absolute Gasteiger partial charge is 0.507 e. The summed E-state index contributed by atoms with van der Waals surface area (Å²) < 4.78 is 11.4. The number of pyridine rings is 1. The van der Waals surface area contributed by atoms with Crippen molar-refractivity contribution < 1.29 is 14.6 Å². The number of rotatable bonds is 9. The number of hydrogen-bond donors (Lipinski definition) is 1. The van der Waals surface area contributed by atoms with Crippen LogP contribution in [0.5, 0.6) is 5.75 Å². The monoisotopic (exact) mass is 351 g/mol. The van der Waals surface area contributed by atoms with Crippen LogP contribution in [-0.2, 0) is 22.7 Å². The molecule has 4 heteroatoms. The standard InChI is InChI=1S/C22H25NO3/c1-17-7-6-9-19(22(17)24)15-25-13-4-5-14-26-16-20-12-11-18-8-2-3-10-21(18)23-20/h2-3,6-12,24H,4-5,13-16H2,1H3. The summed E-state index contributed by atoms with van der Waals surface area (Å²) in [5, 5.41) is 11.1. The third-order valence-corrected chi connectivity index (χ3v) is 4.31. The van der Waals surface area contributed by atoms with Gasteiger partial charge in [0.05, 0.1) is 24.4 Å². The molecular weight excluding hydrogens is 326 g/mol. The molecule has 3 rings (SSSR count). The van der Waals surface area contributed by atoms with Gasteiger partial charge >= 0.3 is 0 Å². The van der Waals surface area contributed by atoms with E-state index in [0.717, 1.165) is 40.6 Å². The van der Waals surface area contributed by atoms with Gasteiger partial charge in [0.15, 0.2) is 0 Å². The molecule has 0 bridgehead atoms. The maximum absolute atomic E-state index is 9.94. The summed E-state index contributed by atoms with van der Waals surface area (Å²) in [5.74, 6) is 0.332. The van der Waals surface area contributed by atoms with Crippen LogP contribution in [0.2, 0.25) is 0 Å².